The number of fused-ring (bicyclic) bond motifs is 1. The molecule has 29 heavy (non-hydrogen) atoms. The largest absolute Gasteiger partial charge is 0.489 e. The van der Waals surface area contributed by atoms with Gasteiger partial charge in [-0.25, -0.2) is 0 Å². The van der Waals surface area contributed by atoms with Gasteiger partial charge >= 0.3 is 16.1 Å². The Kier molecular flexibility index (Phi) is 6.34. The monoisotopic (exact) mass is 438 g/mol. The van der Waals surface area contributed by atoms with Crippen molar-refractivity contribution < 1.29 is 31.3 Å². The summed E-state index contributed by atoms with van der Waals surface area (Å²) >= 11 is 5.90. The van der Waals surface area contributed by atoms with E-state index in [-0.39, 0.29) is 30.0 Å². The van der Waals surface area contributed by atoms with Gasteiger partial charge in [-0.05, 0) is 42.3 Å². The molecule has 0 N–H and O–H groups in total. The molecule has 0 amide bonds. The molecule has 0 aliphatic rings. The molecule has 0 atom stereocenters. The van der Waals surface area contributed by atoms with Gasteiger partial charge in [0.15, 0.2) is 11.0 Å². The number of esters is 1. The third-order valence-electron chi connectivity index (χ3n) is 3.88. The molecule has 0 aliphatic carbocycles. The molecule has 1 heterocycles. The van der Waals surface area contributed by atoms with E-state index in [4.69, 9.17) is 29.7 Å². The maximum Gasteiger partial charge on any atom is 0.310 e. The fourth-order valence-corrected chi connectivity index (χ4v) is 3.42. The van der Waals surface area contributed by atoms with Crippen LogP contribution in [-0.4, -0.2) is 27.2 Å². The second kappa shape index (κ2) is 8.75. The summed E-state index contributed by atoms with van der Waals surface area (Å²) in [5, 5.41) is 0.545. The van der Waals surface area contributed by atoms with E-state index in [9.17, 15) is 13.2 Å². The Morgan fingerprint density at radius 1 is 1.14 bits per heavy atom. The van der Waals surface area contributed by atoms with Crippen LogP contribution in [0.2, 0.25) is 5.22 Å². The zero-order valence-electron chi connectivity index (χ0n) is 15.8. The smallest absolute Gasteiger partial charge is 0.310 e. The first-order valence-electron chi connectivity index (χ1n) is 8.73. The summed E-state index contributed by atoms with van der Waals surface area (Å²) in [6.07, 6.45) is 1.04. The summed E-state index contributed by atoms with van der Waals surface area (Å²) < 4.78 is 44.5. The highest BCUT2D eigenvalue weighted by molar-refractivity contribution is 7.86. The van der Waals surface area contributed by atoms with Gasteiger partial charge in [-0.1, -0.05) is 18.2 Å². The Morgan fingerprint density at radius 2 is 1.90 bits per heavy atom. The van der Waals surface area contributed by atoms with E-state index < -0.39 is 10.1 Å². The number of ether oxygens (including phenoxy) is 2. The van der Waals surface area contributed by atoms with Crippen molar-refractivity contribution in [3.8, 4) is 11.5 Å². The lowest BCUT2D eigenvalue weighted by Crippen LogP contribution is -2.09. The van der Waals surface area contributed by atoms with Crippen LogP contribution in [0.15, 0.2) is 46.9 Å². The molecule has 3 rings (SSSR count). The molecule has 0 radical (unpaired) electrons. The van der Waals surface area contributed by atoms with Crippen LogP contribution in [0.25, 0.3) is 11.0 Å². The predicted molar refractivity (Wildman–Crippen MR) is 108 cm³/mol. The van der Waals surface area contributed by atoms with Crippen molar-refractivity contribution in [3.05, 3.63) is 58.8 Å². The molecule has 3 aromatic rings. The van der Waals surface area contributed by atoms with Gasteiger partial charge in [-0.15, -0.1) is 0 Å². The number of hydrogen-bond donors (Lipinski definition) is 0. The highest BCUT2D eigenvalue weighted by Gasteiger charge is 2.16. The van der Waals surface area contributed by atoms with Crippen LogP contribution >= 0.6 is 11.6 Å². The summed E-state index contributed by atoms with van der Waals surface area (Å²) in [4.78, 5) is 11.8. The van der Waals surface area contributed by atoms with Crippen LogP contribution < -0.4 is 8.92 Å². The molecule has 154 valence electrons. The minimum atomic E-state index is -3.75. The Labute approximate surface area is 173 Å². The highest BCUT2D eigenvalue weighted by Crippen LogP contribution is 2.33. The lowest BCUT2D eigenvalue weighted by atomic mass is 10.1. The minimum absolute atomic E-state index is 0.0826. The number of furan rings is 1. The van der Waals surface area contributed by atoms with E-state index in [1.807, 2.05) is 0 Å². The normalized spacial score (nSPS) is 11.4. The number of rotatable bonds is 8. The molecule has 2 aromatic carbocycles. The molecule has 0 aliphatic heterocycles. The lowest BCUT2D eigenvalue weighted by molar-refractivity contribution is -0.142. The second-order valence-electron chi connectivity index (χ2n) is 6.22. The van der Waals surface area contributed by atoms with E-state index in [0.717, 1.165) is 6.26 Å². The van der Waals surface area contributed by atoms with Crippen molar-refractivity contribution in [1.82, 2.24) is 0 Å². The molecule has 7 nitrogen and oxygen atoms in total. The van der Waals surface area contributed by atoms with Gasteiger partial charge in [0, 0.05) is 11.6 Å². The molecule has 0 saturated carbocycles. The lowest BCUT2D eigenvalue weighted by Gasteiger charge is -2.12. The highest BCUT2D eigenvalue weighted by atomic mass is 35.5. The van der Waals surface area contributed by atoms with Crippen molar-refractivity contribution in [2.24, 2.45) is 0 Å². The number of carbonyl (C=O) groups excluding carboxylic acids is 1. The fraction of sp³-hybridized carbons (Fsp3) is 0.250. The number of benzene rings is 2. The maximum absolute atomic E-state index is 11.8. The Balaban J connectivity index is 1.85. The molecule has 0 saturated heterocycles. The first-order valence-corrected chi connectivity index (χ1v) is 10.9. The minimum Gasteiger partial charge on any atom is -0.489 e. The predicted octanol–water partition coefficient (Wildman–Crippen LogP) is 4.11. The van der Waals surface area contributed by atoms with Crippen LogP contribution in [0.5, 0.6) is 11.5 Å². The SMILES string of the molecule is CCOC(=O)Cc1ccccc1OCc1cc(OS(C)(=O)=O)c2cc(Cl)oc2c1. The van der Waals surface area contributed by atoms with E-state index in [0.29, 0.717) is 34.5 Å². The summed E-state index contributed by atoms with van der Waals surface area (Å²) in [5.41, 5.74) is 1.66. The first-order chi connectivity index (χ1) is 13.7. The molecule has 9 heteroatoms. The second-order valence-corrected chi connectivity index (χ2v) is 8.17. The van der Waals surface area contributed by atoms with Gasteiger partial charge < -0.3 is 18.1 Å². The van der Waals surface area contributed by atoms with Crippen molar-refractivity contribution in [2.75, 3.05) is 12.9 Å². The first kappa shape index (κ1) is 21.0. The van der Waals surface area contributed by atoms with Gasteiger partial charge in [-0.3, -0.25) is 4.79 Å². The number of halogens is 1. The fourth-order valence-electron chi connectivity index (χ4n) is 2.76. The Morgan fingerprint density at radius 3 is 2.62 bits per heavy atom. The number of para-hydroxylation sites is 1. The topological polar surface area (TPSA) is 92.0 Å². The van der Waals surface area contributed by atoms with E-state index in [1.54, 1.807) is 43.3 Å². The molecular weight excluding hydrogens is 420 g/mol. The van der Waals surface area contributed by atoms with Gasteiger partial charge in [0.25, 0.3) is 0 Å². The molecular formula is C20H19ClO7S. The van der Waals surface area contributed by atoms with E-state index in [1.165, 1.54) is 6.07 Å². The summed E-state index contributed by atoms with van der Waals surface area (Å²) in [6.45, 7) is 2.14. The van der Waals surface area contributed by atoms with E-state index in [2.05, 4.69) is 0 Å². The average molecular weight is 439 g/mol. The van der Waals surface area contributed by atoms with Crippen molar-refractivity contribution in [2.45, 2.75) is 20.0 Å². The van der Waals surface area contributed by atoms with Crippen LogP contribution in [-0.2, 0) is 32.7 Å². The quantitative estimate of drug-likeness (QED) is 0.386. The van der Waals surface area contributed by atoms with Crippen LogP contribution in [0.3, 0.4) is 0 Å². The summed E-state index contributed by atoms with van der Waals surface area (Å²) in [5.74, 6) is 0.266. The third kappa shape index (κ3) is 5.65. The van der Waals surface area contributed by atoms with Crippen LogP contribution in [0.1, 0.15) is 18.1 Å². The number of hydrogen-bond acceptors (Lipinski definition) is 7. The van der Waals surface area contributed by atoms with Gasteiger partial charge in [0.1, 0.15) is 17.9 Å². The molecule has 1 aromatic heterocycles. The Bertz CT molecular complexity index is 1130. The molecule has 0 fully saturated rings. The van der Waals surface area contributed by atoms with E-state index >= 15 is 0 Å². The van der Waals surface area contributed by atoms with Crippen molar-refractivity contribution >= 4 is 38.7 Å². The Hall–Kier alpha value is -2.71. The third-order valence-corrected chi connectivity index (χ3v) is 4.55. The maximum atomic E-state index is 11.8. The molecule has 0 unspecified atom stereocenters. The standard InChI is InChI=1S/C20H19ClO7S/c1-3-25-20(22)10-14-6-4-5-7-16(14)26-12-13-8-17-15(11-19(21)27-17)18(9-13)28-29(2,23)24/h4-9,11H,3,10,12H2,1-2H3. The summed E-state index contributed by atoms with van der Waals surface area (Å²) in [7, 11) is -3.75. The zero-order valence-corrected chi connectivity index (χ0v) is 17.4. The zero-order chi connectivity index (χ0) is 21.0. The average Bonchev–Trinajstić information content (AvgIpc) is 3.00. The van der Waals surface area contributed by atoms with Gasteiger partial charge in [0.05, 0.1) is 24.7 Å². The van der Waals surface area contributed by atoms with Crippen LogP contribution in [0, 0.1) is 0 Å². The molecule has 0 bridgehead atoms. The molecule has 0 spiro atoms. The van der Waals surface area contributed by atoms with Crippen molar-refractivity contribution in [1.29, 1.82) is 0 Å². The number of carbonyl (C=O) groups is 1. The summed E-state index contributed by atoms with van der Waals surface area (Å²) in [6, 6.07) is 11.8. The van der Waals surface area contributed by atoms with Crippen LogP contribution in [0.4, 0.5) is 0 Å². The van der Waals surface area contributed by atoms with Crippen molar-refractivity contribution in [3.63, 3.8) is 0 Å². The van der Waals surface area contributed by atoms with Gasteiger partial charge in [0.2, 0.25) is 0 Å². The van der Waals surface area contributed by atoms with Gasteiger partial charge in [-0.2, -0.15) is 8.42 Å².